The summed E-state index contributed by atoms with van der Waals surface area (Å²) in [5.74, 6) is 0.883. The van der Waals surface area contributed by atoms with Crippen molar-refractivity contribution in [3.63, 3.8) is 0 Å². The Morgan fingerprint density at radius 3 is 2.59 bits per heavy atom. The number of carbonyl (C=O) groups excluding carboxylic acids is 1. The lowest BCUT2D eigenvalue weighted by molar-refractivity contribution is -0.120. The van der Waals surface area contributed by atoms with Gasteiger partial charge in [-0.3, -0.25) is 4.79 Å². The largest absolute Gasteiger partial charge is 0.494 e. The number of ether oxygens (including phenoxy) is 2. The third-order valence-electron chi connectivity index (χ3n) is 4.40. The molecule has 27 heavy (non-hydrogen) atoms. The maximum Gasteiger partial charge on any atom is 0.242 e. The van der Waals surface area contributed by atoms with Crippen LogP contribution in [-0.2, 0) is 14.8 Å². The second kappa shape index (κ2) is 9.94. The van der Waals surface area contributed by atoms with Gasteiger partial charge in [-0.15, -0.1) is 0 Å². The summed E-state index contributed by atoms with van der Waals surface area (Å²) in [4.78, 5) is 12.9. The number of carbonyl (C=O) groups is 1. The van der Waals surface area contributed by atoms with Crippen LogP contribution >= 0.6 is 0 Å². The number of piperidine rings is 1. The minimum absolute atomic E-state index is 0.0564. The van der Waals surface area contributed by atoms with E-state index < -0.39 is 16.1 Å². The van der Waals surface area contributed by atoms with Crippen molar-refractivity contribution in [1.82, 2.24) is 4.31 Å². The van der Waals surface area contributed by atoms with E-state index in [1.807, 2.05) is 20.8 Å². The van der Waals surface area contributed by atoms with Gasteiger partial charge in [-0.1, -0.05) is 13.3 Å². The molecule has 0 radical (unpaired) electrons. The fourth-order valence-electron chi connectivity index (χ4n) is 3.24. The van der Waals surface area contributed by atoms with E-state index in [0.717, 1.165) is 12.8 Å². The van der Waals surface area contributed by atoms with Crippen LogP contribution in [0.25, 0.3) is 0 Å². The molecule has 0 spiro atoms. The Hall–Kier alpha value is -1.80. The number of nitrogens with one attached hydrogen (secondary N) is 1. The first kappa shape index (κ1) is 21.5. The van der Waals surface area contributed by atoms with E-state index in [9.17, 15) is 13.2 Å². The van der Waals surface area contributed by atoms with E-state index in [-0.39, 0.29) is 11.7 Å². The average molecular weight is 399 g/mol. The second-order valence-electron chi connectivity index (χ2n) is 6.45. The molecule has 8 heteroatoms. The fraction of sp³-hybridized carbons (Fsp3) is 0.632. The van der Waals surface area contributed by atoms with Gasteiger partial charge < -0.3 is 14.8 Å². The molecule has 1 heterocycles. The average Bonchev–Trinajstić information content (AvgIpc) is 2.64. The van der Waals surface area contributed by atoms with Gasteiger partial charge >= 0.3 is 0 Å². The minimum atomic E-state index is -3.44. The summed E-state index contributed by atoms with van der Waals surface area (Å²) in [5.41, 5.74) is 0.492. The van der Waals surface area contributed by atoms with Crippen LogP contribution in [0.15, 0.2) is 18.2 Å². The Labute approximate surface area is 162 Å². The lowest BCUT2D eigenvalue weighted by atomic mass is 10.0. The van der Waals surface area contributed by atoms with E-state index in [1.54, 1.807) is 18.2 Å². The van der Waals surface area contributed by atoms with Crippen LogP contribution in [0.3, 0.4) is 0 Å². The van der Waals surface area contributed by atoms with Gasteiger partial charge in [0.1, 0.15) is 17.5 Å². The monoisotopic (exact) mass is 398 g/mol. The third kappa shape index (κ3) is 5.59. The van der Waals surface area contributed by atoms with Crippen LogP contribution < -0.4 is 14.8 Å². The quantitative estimate of drug-likeness (QED) is 0.691. The lowest BCUT2D eigenvalue weighted by Gasteiger charge is -2.33. The van der Waals surface area contributed by atoms with Crippen LogP contribution in [0.4, 0.5) is 5.69 Å². The second-order valence-corrected chi connectivity index (χ2v) is 8.49. The van der Waals surface area contributed by atoms with Crippen molar-refractivity contribution in [2.45, 2.75) is 52.5 Å². The van der Waals surface area contributed by atoms with Gasteiger partial charge in [0, 0.05) is 12.6 Å². The van der Waals surface area contributed by atoms with Crippen molar-refractivity contribution in [3.05, 3.63) is 18.2 Å². The topological polar surface area (TPSA) is 84.9 Å². The first-order valence-electron chi connectivity index (χ1n) is 9.63. The summed E-state index contributed by atoms with van der Waals surface area (Å²) in [6.07, 6.45) is 2.65. The van der Waals surface area contributed by atoms with Gasteiger partial charge in [-0.2, -0.15) is 4.31 Å². The molecule has 1 N–H and O–H groups in total. The zero-order chi connectivity index (χ0) is 19.9. The predicted octanol–water partition coefficient (Wildman–Crippen LogP) is 3.02. The molecule has 1 fully saturated rings. The van der Waals surface area contributed by atoms with E-state index in [2.05, 4.69) is 5.32 Å². The molecule has 0 saturated carbocycles. The van der Waals surface area contributed by atoms with Crippen molar-refractivity contribution in [1.29, 1.82) is 0 Å². The number of amides is 1. The maximum atomic E-state index is 12.9. The molecule has 1 aromatic rings. The van der Waals surface area contributed by atoms with E-state index in [4.69, 9.17) is 9.47 Å². The van der Waals surface area contributed by atoms with Crippen LogP contribution in [0.1, 0.15) is 46.5 Å². The highest BCUT2D eigenvalue weighted by Gasteiger charge is 2.36. The summed E-state index contributed by atoms with van der Waals surface area (Å²) in [5, 5.41) is 2.86. The summed E-state index contributed by atoms with van der Waals surface area (Å²) in [6.45, 7) is 6.92. The highest BCUT2D eigenvalue weighted by Crippen LogP contribution is 2.31. The molecule has 0 aliphatic carbocycles. The Morgan fingerprint density at radius 1 is 1.19 bits per heavy atom. The number of hydrogen-bond donors (Lipinski definition) is 1. The molecule has 2 rings (SSSR count). The fourth-order valence-corrected chi connectivity index (χ4v) is 4.98. The number of nitrogens with zero attached hydrogens (tertiary/aromatic N) is 1. The molecule has 1 aromatic carbocycles. The van der Waals surface area contributed by atoms with Crippen molar-refractivity contribution in [2.75, 3.05) is 30.8 Å². The Kier molecular flexibility index (Phi) is 7.91. The molecule has 0 aromatic heterocycles. The summed E-state index contributed by atoms with van der Waals surface area (Å²) in [6, 6.07) is 4.54. The number of benzene rings is 1. The van der Waals surface area contributed by atoms with Crippen LogP contribution in [0.5, 0.6) is 11.5 Å². The number of hydrogen-bond acceptors (Lipinski definition) is 5. The minimum Gasteiger partial charge on any atom is -0.494 e. The van der Waals surface area contributed by atoms with Gasteiger partial charge in [0.2, 0.25) is 15.9 Å². The Balaban J connectivity index is 2.24. The number of rotatable bonds is 9. The summed E-state index contributed by atoms with van der Waals surface area (Å²) in [7, 11) is -3.44. The molecule has 1 saturated heterocycles. The van der Waals surface area contributed by atoms with Crippen LogP contribution in [-0.4, -0.2) is 50.2 Å². The van der Waals surface area contributed by atoms with Gasteiger partial charge in [-0.05, 0) is 45.2 Å². The zero-order valence-corrected chi connectivity index (χ0v) is 17.2. The van der Waals surface area contributed by atoms with Crippen molar-refractivity contribution in [3.8, 4) is 11.5 Å². The molecule has 1 aliphatic heterocycles. The molecule has 1 amide bonds. The zero-order valence-electron chi connectivity index (χ0n) is 16.4. The van der Waals surface area contributed by atoms with Crippen molar-refractivity contribution in [2.24, 2.45) is 0 Å². The molecule has 7 nitrogen and oxygen atoms in total. The number of anilines is 1. The predicted molar refractivity (Wildman–Crippen MR) is 106 cm³/mol. The SMILES string of the molecule is CCCS(=O)(=O)N1CCCCC1C(=O)Nc1cc(OCC)ccc1OCC. The Bertz CT molecular complexity index is 736. The van der Waals surface area contributed by atoms with Gasteiger partial charge in [-0.25, -0.2) is 8.42 Å². The van der Waals surface area contributed by atoms with Crippen LogP contribution in [0.2, 0.25) is 0 Å². The Morgan fingerprint density at radius 2 is 1.93 bits per heavy atom. The van der Waals surface area contributed by atoms with Crippen molar-refractivity contribution >= 4 is 21.6 Å². The maximum absolute atomic E-state index is 12.9. The molecular formula is C19H30N2O5S. The molecule has 1 aliphatic rings. The van der Waals surface area contributed by atoms with Gasteiger partial charge in [0.15, 0.2) is 0 Å². The van der Waals surface area contributed by atoms with Gasteiger partial charge in [0.25, 0.3) is 0 Å². The first-order valence-corrected chi connectivity index (χ1v) is 11.2. The first-order chi connectivity index (χ1) is 12.9. The lowest BCUT2D eigenvalue weighted by Crippen LogP contribution is -2.50. The molecular weight excluding hydrogens is 368 g/mol. The highest BCUT2D eigenvalue weighted by atomic mass is 32.2. The van der Waals surface area contributed by atoms with E-state index >= 15 is 0 Å². The summed E-state index contributed by atoms with van der Waals surface area (Å²) >= 11 is 0. The molecule has 1 atom stereocenters. The third-order valence-corrected chi connectivity index (χ3v) is 6.47. The van der Waals surface area contributed by atoms with Gasteiger partial charge in [0.05, 0.1) is 24.7 Å². The van der Waals surface area contributed by atoms with Crippen molar-refractivity contribution < 1.29 is 22.7 Å². The molecule has 0 bridgehead atoms. The van der Waals surface area contributed by atoms with E-state index in [0.29, 0.717) is 49.8 Å². The molecule has 152 valence electrons. The molecule has 1 unspecified atom stereocenters. The highest BCUT2D eigenvalue weighted by molar-refractivity contribution is 7.89. The standard InChI is InChI=1S/C19H30N2O5S/c1-4-13-27(23,24)21-12-8-7-9-17(21)19(22)20-16-14-15(25-5-2)10-11-18(16)26-6-3/h10-11,14,17H,4-9,12-13H2,1-3H3,(H,20,22). The van der Waals surface area contributed by atoms with Crippen LogP contribution in [0, 0.1) is 0 Å². The van der Waals surface area contributed by atoms with E-state index in [1.165, 1.54) is 4.31 Å². The number of sulfonamides is 1. The summed E-state index contributed by atoms with van der Waals surface area (Å²) < 4.78 is 37.6. The normalized spacial score (nSPS) is 18.1. The smallest absolute Gasteiger partial charge is 0.242 e.